The van der Waals surface area contributed by atoms with Crippen molar-refractivity contribution in [3.05, 3.63) is 53.1 Å². The van der Waals surface area contributed by atoms with Gasteiger partial charge in [0.1, 0.15) is 34.6 Å². The molecule has 2 aliphatic rings. The van der Waals surface area contributed by atoms with Crippen LogP contribution in [0.3, 0.4) is 0 Å². The second-order valence-electron chi connectivity index (χ2n) is 10.2. The molecule has 3 unspecified atom stereocenters. The van der Waals surface area contributed by atoms with E-state index in [4.69, 9.17) is 21.1 Å². The molecule has 12 nitrogen and oxygen atoms in total. The predicted molar refractivity (Wildman–Crippen MR) is 152 cm³/mol. The normalized spacial score (nSPS) is 22.2. The number of sulfonamides is 2. The maximum Gasteiger partial charge on any atom is 0.248 e. The largest absolute Gasteiger partial charge is 0.497 e. The number of methoxy groups -OCH3 is 2. The highest BCUT2D eigenvalue weighted by Gasteiger charge is 2.54. The minimum atomic E-state index is -4.44. The Morgan fingerprint density at radius 3 is 2.20 bits per heavy atom. The monoisotopic (exact) mass is 628 g/mol. The quantitative estimate of drug-likeness (QED) is 0.438. The first-order valence-electron chi connectivity index (χ1n) is 12.8. The highest BCUT2D eigenvalue weighted by molar-refractivity contribution is 7.89. The first-order valence-corrected chi connectivity index (χ1v) is 16.5. The number of fused-ring (bicyclic) bond motifs is 1. The summed E-state index contributed by atoms with van der Waals surface area (Å²) in [5.74, 6) is -0.786. The van der Waals surface area contributed by atoms with Gasteiger partial charge in [0.25, 0.3) is 0 Å². The lowest BCUT2D eigenvalue weighted by Crippen LogP contribution is -2.76. The molecule has 2 heterocycles. The molecule has 2 aliphatic heterocycles. The van der Waals surface area contributed by atoms with Crippen molar-refractivity contribution >= 4 is 43.5 Å². The van der Waals surface area contributed by atoms with Gasteiger partial charge in [-0.2, -0.15) is 4.31 Å². The second kappa shape index (κ2) is 11.8. The van der Waals surface area contributed by atoms with Crippen molar-refractivity contribution in [2.75, 3.05) is 33.6 Å². The fourth-order valence-electron chi connectivity index (χ4n) is 5.17. The van der Waals surface area contributed by atoms with Crippen molar-refractivity contribution in [1.29, 1.82) is 0 Å². The Morgan fingerprint density at radius 2 is 1.63 bits per heavy atom. The van der Waals surface area contributed by atoms with Gasteiger partial charge in [0.05, 0.1) is 27.0 Å². The lowest BCUT2D eigenvalue weighted by atomic mass is 9.96. The van der Waals surface area contributed by atoms with E-state index in [2.05, 4.69) is 4.72 Å². The Kier molecular flexibility index (Phi) is 8.90. The van der Waals surface area contributed by atoms with E-state index in [1.807, 2.05) is 0 Å². The van der Waals surface area contributed by atoms with Crippen molar-refractivity contribution in [2.24, 2.45) is 0 Å². The van der Waals surface area contributed by atoms with Gasteiger partial charge in [0, 0.05) is 30.1 Å². The van der Waals surface area contributed by atoms with Gasteiger partial charge in [0.15, 0.2) is 0 Å². The molecule has 0 radical (unpaired) electrons. The highest BCUT2D eigenvalue weighted by Crippen LogP contribution is 2.36. The molecule has 1 N–H and O–H groups in total. The van der Waals surface area contributed by atoms with E-state index in [9.17, 15) is 26.4 Å². The molecule has 0 bridgehead atoms. The van der Waals surface area contributed by atoms with Crippen LogP contribution in [0.15, 0.2) is 47.4 Å². The summed E-state index contributed by atoms with van der Waals surface area (Å²) < 4.78 is 67.1. The van der Waals surface area contributed by atoms with Crippen molar-refractivity contribution in [1.82, 2.24) is 18.8 Å². The Bertz CT molecular complexity index is 1530. The molecule has 3 atom stereocenters. The Balaban J connectivity index is 1.89. The topological polar surface area (TPSA) is 143 Å². The van der Waals surface area contributed by atoms with Crippen LogP contribution in [-0.4, -0.2) is 101 Å². The average Bonchev–Trinajstić information content (AvgIpc) is 2.91. The summed E-state index contributed by atoms with van der Waals surface area (Å²) in [6.07, 6.45) is -0.189. The summed E-state index contributed by atoms with van der Waals surface area (Å²) in [4.78, 5) is 30.2. The molecular formula is C26H33ClN4O8S2. The fourth-order valence-corrected chi connectivity index (χ4v) is 7.75. The number of carbonyl (C=O) groups is 2. The molecule has 2 aromatic carbocycles. The third-order valence-electron chi connectivity index (χ3n) is 7.11. The molecule has 2 fully saturated rings. The fraction of sp³-hybridized carbons (Fsp3) is 0.462. The van der Waals surface area contributed by atoms with E-state index >= 15 is 0 Å². The van der Waals surface area contributed by atoms with Crippen LogP contribution in [0.25, 0.3) is 0 Å². The van der Waals surface area contributed by atoms with E-state index in [1.165, 1.54) is 36.2 Å². The van der Waals surface area contributed by atoms with Gasteiger partial charge < -0.3 is 19.3 Å². The van der Waals surface area contributed by atoms with Crippen LogP contribution in [0, 0.1) is 0 Å². The molecule has 0 saturated carbocycles. The summed E-state index contributed by atoms with van der Waals surface area (Å²) >= 11 is 6.04. The number of nitrogens with zero attached hydrogens (tertiary/aromatic N) is 3. The van der Waals surface area contributed by atoms with E-state index in [0.29, 0.717) is 10.6 Å². The van der Waals surface area contributed by atoms with Crippen LogP contribution in [0.5, 0.6) is 11.5 Å². The van der Waals surface area contributed by atoms with Gasteiger partial charge >= 0.3 is 0 Å². The van der Waals surface area contributed by atoms with E-state index in [-0.39, 0.29) is 41.3 Å². The first-order chi connectivity index (χ1) is 19.2. The molecule has 0 aliphatic carbocycles. The molecule has 2 saturated heterocycles. The van der Waals surface area contributed by atoms with Crippen molar-refractivity contribution < 1.29 is 35.9 Å². The summed E-state index contributed by atoms with van der Waals surface area (Å²) in [5.41, 5.74) is 0.687. The van der Waals surface area contributed by atoms with Gasteiger partial charge in [-0.3, -0.25) is 9.59 Å². The standard InChI is InChI=1S/C26H33ClN4O8S2/c1-16(2)29-15-24-30(41(36,37)23-13-19(38-3)10-11-22(23)39-4)14-20(28-40(5,34)35)25(32)31(24)21(26(29)33)12-17-6-8-18(27)9-7-17/h6-11,13,16,20-21,24,28H,12,14-15H2,1-5H3. The number of amides is 2. The van der Waals surface area contributed by atoms with Crippen LogP contribution in [-0.2, 0) is 36.1 Å². The molecule has 2 amide bonds. The minimum absolute atomic E-state index is 0.0344. The van der Waals surface area contributed by atoms with Gasteiger partial charge in [-0.1, -0.05) is 23.7 Å². The first kappa shape index (κ1) is 31.0. The van der Waals surface area contributed by atoms with Crippen LogP contribution in [0.1, 0.15) is 19.4 Å². The van der Waals surface area contributed by atoms with Gasteiger partial charge in [-0.25, -0.2) is 21.6 Å². The van der Waals surface area contributed by atoms with Crippen LogP contribution in [0.2, 0.25) is 5.02 Å². The van der Waals surface area contributed by atoms with Gasteiger partial charge in [-0.05, 0) is 43.7 Å². The summed E-state index contributed by atoms with van der Waals surface area (Å²) in [7, 11) is -5.68. The summed E-state index contributed by atoms with van der Waals surface area (Å²) in [5, 5.41) is 0.487. The van der Waals surface area contributed by atoms with E-state index in [1.54, 1.807) is 44.2 Å². The number of piperazine rings is 1. The number of benzene rings is 2. The second-order valence-corrected chi connectivity index (χ2v) is 14.3. The number of nitrogens with one attached hydrogen (secondary N) is 1. The Hall–Kier alpha value is -2.91. The van der Waals surface area contributed by atoms with Crippen LogP contribution >= 0.6 is 11.6 Å². The van der Waals surface area contributed by atoms with Crippen LogP contribution < -0.4 is 14.2 Å². The number of hydrogen-bond donors (Lipinski definition) is 1. The number of halogens is 1. The predicted octanol–water partition coefficient (Wildman–Crippen LogP) is 1.30. The molecule has 15 heteroatoms. The Morgan fingerprint density at radius 1 is 0.976 bits per heavy atom. The number of rotatable bonds is 9. The van der Waals surface area contributed by atoms with E-state index in [0.717, 1.165) is 10.6 Å². The smallest absolute Gasteiger partial charge is 0.248 e. The van der Waals surface area contributed by atoms with Gasteiger partial charge in [-0.15, -0.1) is 0 Å². The molecular weight excluding hydrogens is 596 g/mol. The Labute approximate surface area is 245 Å². The molecule has 4 rings (SSSR count). The average molecular weight is 629 g/mol. The third-order valence-corrected chi connectivity index (χ3v) is 9.96. The number of carbonyl (C=O) groups excluding carboxylic acids is 2. The third kappa shape index (κ3) is 6.31. The lowest BCUT2D eigenvalue weighted by Gasteiger charge is -2.54. The maximum atomic E-state index is 14.3. The molecule has 41 heavy (non-hydrogen) atoms. The molecule has 2 aromatic rings. The van der Waals surface area contributed by atoms with E-state index < -0.39 is 50.7 Å². The number of ether oxygens (including phenoxy) is 2. The number of hydrogen-bond acceptors (Lipinski definition) is 8. The summed E-state index contributed by atoms with van der Waals surface area (Å²) in [6, 6.07) is 8.13. The van der Waals surface area contributed by atoms with Crippen molar-refractivity contribution in [2.45, 2.75) is 49.5 Å². The molecule has 0 aromatic heterocycles. The van der Waals surface area contributed by atoms with Crippen LogP contribution in [0.4, 0.5) is 0 Å². The zero-order valence-corrected chi connectivity index (χ0v) is 25.7. The zero-order valence-electron chi connectivity index (χ0n) is 23.3. The van der Waals surface area contributed by atoms with Crippen molar-refractivity contribution in [3.8, 4) is 11.5 Å². The highest BCUT2D eigenvalue weighted by atomic mass is 35.5. The van der Waals surface area contributed by atoms with Gasteiger partial charge in [0.2, 0.25) is 31.9 Å². The SMILES string of the molecule is COc1ccc(OC)c(S(=O)(=O)N2CC(NS(C)(=O)=O)C(=O)N3C(Cc4ccc(Cl)cc4)C(=O)N(C(C)C)CC32)c1. The van der Waals surface area contributed by atoms with Crippen molar-refractivity contribution in [3.63, 3.8) is 0 Å². The maximum absolute atomic E-state index is 14.3. The molecule has 224 valence electrons. The summed E-state index contributed by atoms with van der Waals surface area (Å²) in [6.45, 7) is 2.99. The minimum Gasteiger partial charge on any atom is -0.497 e. The zero-order chi connectivity index (χ0) is 30.3. The lowest BCUT2D eigenvalue weighted by molar-refractivity contribution is -0.168. The molecule has 0 spiro atoms.